The fourth-order valence-corrected chi connectivity index (χ4v) is 4.42. The van der Waals surface area contributed by atoms with Crippen LogP contribution in [0.3, 0.4) is 0 Å². The van der Waals surface area contributed by atoms with Gasteiger partial charge < -0.3 is 5.73 Å². The van der Waals surface area contributed by atoms with Crippen LogP contribution in [0.2, 0.25) is 5.02 Å². The number of anilines is 1. The van der Waals surface area contributed by atoms with Gasteiger partial charge in [-0.25, -0.2) is 9.78 Å². The third-order valence-corrected chi connectivity index (χ3v) is 6.27. The summed E-state index contributed by atoms with van der Waals surface area (Å²) in [5.74, 6) is -0.711. The van der Waals surface area contributed by atoms with Gasteiger partial charge in [0.1, 0.15) is 11.4 Å². The van der Waals surface area contributed by atoms with E-state index in [9.17, 15) is 14.4 Å². The Bertz CT molecular complexity index is 1440. The van der Waals surface area contributed by atoms with Crippen molar-refractivity contribution in [3.05, 3.63) is 104 Å². The van der Waals surface area contributed by atoms with Crippen LogP contribution in [-0.4, -0.2) is 30.2 Å². The summed E-state index contributed by atoms with van der Waals surface area (Å²) in [5, 5.41) is 1.13. The van der Waals surface area contributed by atoms with Crippen LogP contribution >= 0.6 is 23.4 Å². The summed E-state index contributed by atoms with van der Waals surface area (Å²) < 4.78 is 3.94. The Hall–Kier alpha value is -3.56. The summed E-state index contributed by atoms with van der Waals surface area (Å²) >= 11 is 7.25. The first kappa shape index (κ1) is 22.6. The molecule has 168 valence electrons. The smallest absolute Gasteiger partial charge is 0.332 e. The number of rotatable bonds is 7. The number of nitrogens with zero attached hydrogens (tertiary/aromatic N) is 4. The topological polar surface area (TPSA) is 105 Å². The van der Waals surface area contributed by atoms with E-state index in [4.69, 9.17) is 17.3 Å². The van der Waals surface area contributed by atoms with Gasteiger partial charge in [-0.1, -0.05) is 59.8 Å². The minimum Gasteiger partial charge on any atom is -0.384 e. The fourth-order valence-electron chi connectivity index (χ4n) is 3.39. The lowest BCUT2D eigenvalue weighted by atomic mass is 10.2. The van der Waals surface area contributed by atoms with Crippen LogP contribution in [0.25, 0.3) is 5.69 Å². The van der Waals surface area contributed by atoms with Crippen LogP contribution < -0.4 is 17.0 Å². The number of hydrogen-bond acceptors (Lipinski definition) is 6. The highest BCUT2D eigenvalue weighted by molar-refractivity contribution is 7.99. The van der Waals surface area contributed by atoms with Gasteiger partial charge in [0.15, 0.2) is 10.9 Å². The van der Waals surface area contributed by atoms with Crippen molar-refractivity contribution in [1.29, 1.82) is 0 Å². The van der Waals surface area contributed by atoms with Gasteiger partial charge in [-0.2, -0.15) is 0 Å². The molecule has 2 N–H and O–H groups in total. The Morgan fingerprint density at radius 3 is 2.61 bits per heavy atom. The molecular weight excluding hydrogens is 462 g/mol. The number of hydrogen-bond donors (Lipinski definition) is 1. The first-order chi connectivity index (χ1) is 15.9. The number of ketones is 1. The zero-order chi connectivity index (χ0) is 23.5. The number of nitrogens with two attached hydrogens (primary N) is 1. The van der Waals surface area contributed by atoms with Crippen LogP contribution in [-0.2, 0) is 13.6 Å². The summed E-state index contributed by atoms with van der Waals surface area (Å²) in [6.45, 7) is 0.145. The molecule has 0 saturated heterocycles. The van der Waals surface area contributed by atoms with Crippen molar-refractivity contribution in [3.63, 3.8) is 0 Å². The second kappa shape index (κ2) is 9.51. The largest absolute Gasteiger partial charge is 0.384 e. The van der Waals surface area contributed by atoms with E-state index in [1.165, 1.54) is 11.6 Å². The quantitative estimate of drug-likeness (QED) is 0.321. The number of imidazole rings is 1. The molecule has 0 unspecified atom stereocenters. The van der Waals surface area contributed by atoms with Gasteiger partial charge in [-0.3, -0.25) is 23.3 Å². The first-order valence-electron chi connectivity index (χ1n) is 9.95. The van der Waals surface area contributed by atoms with E-state index in [0.717, 1.165) is 27.6 Å². The SMILES string of the molecule is Cn1c(=O)c(C(=O)CSc2nccn2-c2cccc(Cl)c2)c(N)n(Cc2ccccc2)c1=O. The van der Waals surface area contributed by atoms with E-state index in [1.807, 2.05) is 42.5 Å². The first-order valence-corrected chi connectivity index (χ1v) is 11.3. The van der Waals surface area contributed by atoms with Crippen LogP contribution in [0.1, 0.15) is 15.9 Å². The van der Waals surface area contributed by atoms with Crippen molar-refractivity contribution in [2.24, 2.45) is 7.05 Å². The van der Waals surface area contributed by atoms with Gasteiger partial charge in [0.25, 0.3) is 5.56 Å². The number of aromatic nitrogens is 4. The predicted molar refractivity (Wildman–Crippen MR) is 130 cm³/mol. The summed E-state index contributed by atoms with van der Waals surface area (Å²) in [4.78, 5) is 42.8. The van der Waals surface area contributed by atoms with Crippen molar-refractivity contribution < 1.29 is 4.79 Å². The Morgan fingerprint density at radius 2 is 1.88 bits per heavy atom. The molecule has 0 radical (unpaired) electrons. The predicted octanol–water partition coefficient (Wildman–Crippen LogP) is 2.99. The molecule has 0 aliphatic heterocycles. The number of Topliss-reactive ketones (excluding diaryl/α,β-unsaturated/α-hetero) is 1. The summed E-state index contributed by atoms with van der Waals surface area (Å²) in [5.41, 5.74) is 6.28. The van der Waals surface area contributed by atoms with Gasteiger partial charge in [-0.05, 0) is 23.8 Å². The van der Waals surface area contributed by atoms with Crippen LogP contribution in [0, 0.1) is 0 Å². The molecule has 0 saturated carbocycles. The van der Waals surface area contributed by atoms with Crippen molar-refractivity contribution in [2.45, 2.75) is 11.7 Å². The maximum absolute atomic E-state index is 13.1. The molecule has 0 atom stereocenters. The second-order valence-electron chi connectivity index (χ2n) is 7.25. The molecule has 10 heteroatoms. The molecule has 0 spiro atoms. The highest BCUT2D eigenvalue weighted by Crippen LogP contribution is 2.23. The van der Waals surface area contributed by atoms with Crippen LogP contribution in [0.4, 0.5) is 5.82 Å². The summed E-state index contributed by atoms with van der Waals surface area (Å²) in [6.07, 6.45) is 3.37. The van der Waals surface area contributed by atoms with Gasteiger partial charge in [-0.15, -0.1) is 0 Å². The Morgan fingerprint density at radius 1 is 1.12 bits per heavy atom. The standard InChI is InChI=1S/C23H20ClN5O3S/c1-27-21(31)19(20(25)29(23(27)32)13-15-6-3-2-4-7-15)18(30)14-33-22-26-10-11-28(22)17-9-5-8-16(24)12-17/h2-12H,13-14,25H2,1H3. The highest BCUT2D eigenvalue weighted by atomic mass is 35.5. The van der Waals surface area contributed by atoms with E-state index in [-0.39, 0.29) is 23.7 Å². The van der Waals surface area contributed by atoms with Gasteiger partial charge >= 0.3 is 5.69 Å². The lowest BCUT2D eigenvalue weighted by Gasteiger charge is -2.14. The molecule has 0 amide bonds. The lowest BCUT2D eigenvalue weighted by Crippen LogP contribution is -2.43. The molecule has 2 heterocycles. The lowest BCUT2D eigenvalue weighted by molar-refractivity contribution is 0.102. The van der Waals surface area contributed by atoms with E-state index in [2.05, 4.69) is 4.98 Å². The summed E-state index contributed by atoms with van der Waals surface area (Å²) in [7, 11) is 1.33. The number of carbonyl (C=O) groups excluding carboxylic acids is 1. The zero-order valence-corrected chi connectivity index (χ0v) is 19.2. The van der Waals surface area contributed by atoms with Gasteiger partial charge in [0, 0.05) is 30.2 Å². The van der Waals surface area contributed by atoms with Crippen LogP contribution in [0.5, 0.6) is 0 Å². The maximum Gasteiger partial charge on any atom is 0.332 e. The molecule has 0 aliphatic rings. The van der Waals surface area contributed by atoms with Gasteiger partial charge in [0.05, 0.1) is 12.3 Å². The van der Waals surface area contributed by atoms with E-state index in [0.29, 0.717) is 10.2 Å². The van der Waals surface area contributed by atoms with E-state index in [1.54, 1.807) is 29.1 Å². The molecule has 0 bridgehead atoms. The Balaban J connectivity index is 1.63. The molecule has 4 rings (SSSR count). The van der Waals surface area contributed by atoms with Gasteiger partial charge in [0.2, 0.25) is 0 Å². The second-order valence-corrected chi connectivity index (χ2v) is 8.63. The average molecular weight is 482 g/mol. The third-order valence-electron chi connectivity index (χ3n) is 5.07. The Labute approximate surface area is 198 Å². The zero-order valence-electron chi connectivity index (χ0n) is 17.6. The summed E-state index contributed by atoms with van der Waals surface area (Å²) in [6, 6.07) is 16.4. The van der Waals surface area contributed by atoms with Crippen molar-refractivity contribution in [1.82, 2.24) is 18.7 Å². The maximum atomic E-state index is 13.1. The fraction of sp³-hybridized carbons (Fsp3) is 0.130. The molecule has 33 heavy (non-hydrogen) atoms. The number of thioether (sulfide) groups is 1. The number of benzene rings is 2. The average Bonchev–Trinajstić information content (AvgIpc) is 3.29. The van der Waals surface area contributed by atoms with E-state index < -0.39 is 17.0 Å². The molecule has 0 aliphatic carbocycles. The van der Waals surface area contributed by atoms with Crippen molar-refractivity contribution in [3.8, 4) is 5.69 Å². The molecule has 8 nitrogen and oxygen atoms in total. The third kappa shape index (κ3) is 4.64. The number of nitrogen functional groups attached to an aromatic ring is 1. The number of carbonyl (C=O) groups is 1. The van der Waals surface area contributed by atoms with Crippen molar-refractivity contribution >= 4 is 35.0 Å². The van der Waals surface area contributed by atoms with E-state index >= 15 is 0 Å². The Kier molecular flexibility index (Phi) is 6.52. The molecule has 2 aromatic heterocycles. The monoisotopic (exact) mass is 481 g/mol. The molecule has 2 aromatic carbocycles. The molecule has 4 aromatic rings. The minimum atomic E-state index is -0.717. The van der Waals surface area contributed by atoms with Crippen molar-refractivity contribution in [2.75, 3.05) is 11.5 Å². The highest BCUT2D eigenvalue weighted by Gasteiger charge is 2.22. The normalized spacial score (nSPS) is 11.0. The minimum absolute atomic E-state index is 0.0828. The number of halogens is 1. The van der Waals surface area contributed by atoms with Crippen LogP contribution in [0.15, 0.2) is 81.7 Å². The molecular formula is C23H20ClN5O3S. The molecule has 0 fully saturated rings.